The molecule has 0 unspecified atom stereocenters. The molecule has 1 aliphatic carbocycles. The molecule has 1 heterocycles. The zero-order chi connectivity index (χ0) is 11.0. The summed E-state index contributed by atoms with van der Waals surface area (Å²) in [5, 5.41) is 9.03. The molecule has 0 aliphatic heterocycles. The summed E-state index contributed by atoms with van der Waals surface area (Å²) in [5.74, 6) is -0.125. The third-order valence-corrected chi connectivity index (χ3v) is 2.73. The molecule has 1 aromatic heterocycles. The van der Waals surface area contributed by atoms with Crippen LogP contribution in [0.25, 0.3) is 0 Å². The first kappa shape index (κ1) is 10.1. The van der Waals surface area contributed by atoms with Gasteiger partial charge in [-0.15, -0.1) is 0 Å². The van der Waals surface area contributed by atoms with Gasteiger partial charge in [0, 0.05) is 11.6 Å². The topological polar surface area (TPSA) is 50.2 Å². The van der Waals surface area contributed by atoms with Gasteiger partial charge in [0.2, 0.25) is 0 Å². The maximum absolute atomic E-state index is 11.0. The number of hydrogen-bond acceptors (Lipinski definition) is 2. The highest BCUT2D eigenvalue weighted by molar-refractivity contribution is 5.89. The Labute approximate surface area is 89.2 Å². The van der Waals surface area contributed by atoms with Gasteiger partial charge in [-0.1, -0.05) is 13.8 Å². The van der Waals surface area contributed by atoms with Gasteiger partial charge in [-0.3, -0.25) is 4.98 Å². The average Bonchev–Trinajstić information content (AvgIpc) is 2.99. The Balaban J connectivity index is 2.44. The molecule has 0 bridgehead atoms. The first-order valence-corrected chi connectivity index (χ1v) is 5.33. The molecule has 0 spiro atoms. The van der Waals surface area contributed by atoms with Gasteiger partial charge in [0.1, 0.15) is 0 Å². The van der Waals surface area contributed by atoms with Crippen LogP contribution < -0.4 is 0 Å². The summed E-state index contributed by atoms with van der Waals surface area (Å²) in [4.78, 5) is 15.5. The number of hydrogen-bond donors (Lipinski definition) is 1. The lowest BCUT2D eigenvalue weighted by atomic mass is 10.0. The zero-order valence-electron chi connectivity index (χ0n) is 9.03. The Bertz CT molecular complexity index is 395. The van der Waals surface area contributed by atoms with Crippen LogP contribution in [0.4, 0.5) is 0 Å². The number of aromatic nitrogens is 1. The largest absolute Gasteiger partial charge is 0.478 e. The normalized spacial score (nSPS) is 15.7. The fourth-order valence-electron chi connectivity index (χ4n) is 1.66. The van der Waals surface area contributed by atoms with Crippen LogP contribution >= 0.6 is 0 Å². The number of aromatic carboxylic acids is 1. The molecule has 15 heavy (non-hydrogen) atoms. The van der Waals surface area contributed by atoms with Gasteiger partial charge >= 0.3 is 5.97 Å². The Kier molecular flexibility index (Phi) is 2.47. The molecule has 1 aromatic rings. The molecule has 0 aromatic carbocycles. The van der Waals surface area contributed by atoms with E-state index in [0.29, 0.717) is 17.4 Å². The molecule has 3 heteroatoms. The molecule has 0 atom stereocenters. The van der Waals surface area contributed by atoms with Crippen LogP contribution in [0.1, 0.15) is 60.3 Å². The van der Waals surface area contributed by atoms with Gasteiger partial charge in [-0.05, 0) is 30.9 Å². The SMILES string of the molecule is CC(C)c1ccc(C(=O)O)c(C2CC2)n1. The summed E-state index contributed by atoms with van der Waals surface area (Å²) in [6.45, 7) is 4.14. The summed E-state index contributed by atoms with van der Waals surface area (Å²) < 4.78 is 0. The van der Waals surface area contributed by atoms with Crippen LogP contribution in [0, 0.1) is 0 Å². The number of rotatable bonds is 3. The Morgan fingerprint density at radius 3 is 2.60 bits per heavy atom. The fourth-order valence-corrected chi connectivity index (χ4v) is 1.66. The van der Waals surface area contributed by atoms with Crippen LogP contribution in [0.15, 0.2) is 12.1 Å². The highest BCUT2D eigenvalue weighted by Crippen LogP contribution is 2.41. The highest BCUT2D eigenvalue weighted by atomic mass is 16.4. The van der Waals surface area contributed by atoms with Gasteiger partial charge in [0.05, 0.1) is 11.3 Å². The van der Waals surface area contributed by atoms with E-state index in [9.17, 15) is 4.79 Å². The Morgan fingerprint density at radius 1 is 1.47 bits per heavy atom. The van der Waals surface area contributed by atoms with Gasteiger partial charge in [-0.25, -0.2) is 4.79 Å². The van der Waals surface area contributed by atoms with Crippen molar-refractivity contribution in [1.29, 1.82) is 0 Å². The molecule has 1 saturated carbocycles. The van der Waals surface area contributed by atoms with Crippen molar-refractivity contribution in [2.45, 2.75) is 38.5 Å². The second-order valence-corrected chi connectivity index (χ2v) is 4.40. The molecule has 0 radical (unpaired) electrons. The minimum absolute atomic E-state index is 0.352. The van der Waals surface area contributed by atoms with Crippen molar-refractivity contribution >= 4 is 5.97 Å². The van der Waals surface area contributed by atoms with Crippen molar-refractivity contribution in [3.8, 4) is 0 Å². The van der Waals surface area contributed by atoms with E-state index in [1.165, 1.54) is 0 Å². The first-order valence-electron chi connectivity index (χ1n) is 5.33. The van der Waals surface area contributed by atoms with Gasteiger partial charge in [-0.2, -0.15) is 0 Å². The lowest BCUT2D eigenvalue weighted by Crippen LogP contribution is -2.06. The Hall–Kier alpha value is -1.38. The van der Waals surface area contributed by atoms with Crippen LogP contribution in [0.3, 0.4) is 0 Å². The molecule has 1 fully saturated rings. The summed E-state index contributed by atoms with van der Waals surface area (Å²) in [6.07, 6.45) is 2.16. The van der Waals surface area contributed by atoms with E-state index in [2.05, 4.69) is 18.8 Å². The summed E-state index contributed by atoms with van der Waals surface area (Å²) in [6, 6.07) is 3.51. The van der Waals surface area contributed by atoms with E-state index in [4.69, 9.17) is 5.11 Å². The number of pyridine rings is 1. The second-order valence-electron chi connectivity index (χ2n) is 4.40. The third-order valence-electron chi connectivity index (χ3n) is 2.73. The maximum atomic E-state index is 11.0. The van der Waals surface area contributed by atoms with E-state index in [0.717, 1.165) is 24.2 Å². The molecule has 0 saturated heterocycles. The highest BCUT2D eigenvalue weighted by Gasteiger charge is 2.30. The first-order chi connectivity index (χ1) is 7.09. The van der Waals surface area contributed by atoms with Gasteiger partial charge < -0.3 is 5.11 Å². The quantitative estimate of drug-likeness (QED) is 0.825. The van der Waals surface area contributed by atoms with E-state index in [1.54, 1.807) is 6.07 Å². The van der Waals surface area contributed by atoms with Crippen molar-refractivity contribution in [2.75, 3.05) is 0 Å². The van der Waals surface area contributed by atoms with E-state index in [1.807, 2.05) is 6.07 Å². The second kappa shape index (κ2) is 3.65. The molecule has 3 nitrogen and oxygen atoms in total. The van der Waals surface area contributed by atoms with Crippen LogP contribution in [-0.2, 0) is 0 Å². The predicted molar refractivity (Wildman–Crippen MR) is 57.3 cm³/mol. The average molecular weight is 205 g/mol. The molecule has 80 valence electrons. The van der Waals surface area contributed by atoms with Crippen LogP contribution in [0.2, 0.25) is 0 Å². The molecular weight excluding hydrogens is 190 g/mol. The molecule has 2 rings (SSSR count). The Morgan fingerprint density at radius 2 is 2.13 bits per heavy atom. The van der Waals surface area contributed by atoms with Crippen LogP contribution in [-0.4, -0.2) is 16.1 Å². The van der Waals surface area contributed by atoms with Crippen molar-refractivity contribution in [3.63, 3.8) is 0 Å². The van der Waals surface area contributed by atoms with Crippen LogP contribution in [0.5, 0.6) is 0 Å². The van der Waals surface area contributed by atoms with E-state index >= 15 is 0 Å². The smallest absolute Gasteiger partial charge is 0.337 e. The van der Waals surface area contributed by atoms with Crippen molar-refractivity contribution < 1.29 is 9.90 Å². The molecular formula is C12H15NO2. The monoisotopic (exact) mass is 205 g/mol. The molecule has 1 aliphatic rings. The zero-order valence-corrected chi connectivity index (χ0v) is 9.03. The minimum Gasteiger partial charge on any atom is -0.478 e. The maximum Gasteiger partial charge on any atom is 0.337 e. The predicted octanol–water partition coefficient (Wildman–Crippen LogP) is 2.78. The number of nitrogens with zero attached hydrogens (tertiary/aromatic N) is 1. The summed E-state index contributed by atoms with van der Waals surface area (Å²) >= 11 is 0. The van der Waals surface area contributed by atoms with Crippen molar-refractivity contribution in [1.82, 2.24) is 4.98 Å². The number of carboxylic acid groups (broad SMARTS) is 1. The fraction of sp³-hybridized carbons (Fsp3) is 0.500. The molecule has 0 amide bonds. The van der Waals surface area contributed by atoms with Crippen molar-refractivity contribution in [3.05, 3.63) is 29.1 Å². The lowest BCUT2D eigenvalue weighted by Gasteiger charge is -2.09. The third kappa shape index (κ3) is 2.01. The number of carbonyl (C=O) groups is 1. The van der Waals surface area contributed by atoms with Crippen molar-refractivity contribution in [2.24, 2.45) is 0 Å². The van der Waals surface area contributed by atoms with E-state index in [-0.39, 0.29) is 0 Å². The standard InChI is InChI=1S/C12H15NO2/c1-7(2)10-6-5-9(12(14)15)11(13-10)8-3-4-8/h5-8H,3-4H2,1-2H3,(H,14,15). The van der Waals surface area contributed by atoms with Gasteiger partial charge in [0.25, 0.3) is 0 Å². The lowest BCUT2D eigenvalue weighted by molar-refractivity contribution is 0.0695. The summed E-state index contributed by atoms with van der Waals surface area (Å²) in [7, 11) is 0. The molecule has 1 N–H and O–H groups in total. The summed E-state index contributed by atoms with van der Waals surface area (Å²) in [5.41, 5.74) is 2.15. The van der Waals surface area contributed by atoms with E-state index < -0.39 is 5.97 Å². The number of carboxylic acids is 1. The van der Waals surface area contributed by atoms with Gasteiger partial charge in [0.15, 0.2) is 0 Å². The minimum atomic E-state index is -0.861.